The summed E-state index contributed by atoms with van der Waals surface area (Å²) in [5.41, 5.74) is 3.28. The number of hydrogen-bond donors (Lipinski definition) is 1. The quantitative estimate of drug-likeness (QED) is 0.456. The Morgan fingerprint density at radius 3 is 2.60 bits per heavy atom. The molecule has 4 rings (SSSR count). The van der Waals surface area contributed by atoms with Crippen LogP contribution in [0.3, 0.4) is 0 Å². The van der Waals surface area contributed by atoms with Crippen molar-refractivity contribution in [1.82, 2.24) is 19.9 Å². The summed E-state index contributed by atoms with van der Waals surface area (Å²) in [6, 6.07) is 18.1. The van der Waals surface area contributed by atoms with E-state index in [4.69, 9.17) is 4.42 Å². The van der Waals surface area contributed by atoms with Gasteiger partial charge in [0.2, 0.25) is 5.91 Å². The van der Waals surface area contributed by atoms with Crippen LogP contribution in [0.5, 0.6) is 0 Å². The molecule has 0 aliphatic heterocycles. The van der Waals surface area contributed by atoms with Crippen LogP contribution in [0.15, 0.2) is 83.9 Å². The Kier molecular flexibility index (Phi) is 6.35. The van der Waals surface area contributed by atoms with Gasteiger partial charge in [0.15, 0.2) is 11.7 Å². The molecule has 2 aromatic carbocycles. The normalized spacial score (nSPS) is 10.8. The third-order valence-corrected chi connectivity index (χ3v) is 4.84. The van der Waals surface area contributed by atoms with Crippen LogP contribution < -0.4 is 5.32 Å². The van der Waals surface area contributed by atoms with Gasteiger partial charge in [-0.3, -0.25) is 4.79 Å². The molecule has 6 nitrogen and oxygen atoms in total. The van der Waals surface area contributed by atoms with Crippen molar-refractivity contribution in [3.8, 4) is 11.3 Å². The number of carbonyl (C=O) groups excluding carboxylic acids is 1. The van der Waals surface area contributed by atoms with Gasteiger partial charge in [-0.25, -0.2) is 9.97 Å². The molecule has 0 radical (unpaired) electrons. The van der Waals surface area contributed by atoms with Gasteiger partial charge in [-0.15, -0.1) is 0 Å². The van der Waals surface area contributed by atoms with Gasteiger partial charge in [0, 0.05) is 43.9 Å². The van der Waals surface area contributed by atoms with Crippen molar-refractivity contribution in [2.45, 2.75) is 32.4 Å². The fraction of sp³-hybridized carbons (Fsp3) is 0.208. The van der Waals surface area contributed by atoms with Gasteiger partial charge in [0.1, 0.15) is 0 Å². The predicted octanol–water partition coefficient (Wildman–Crippen LogP) is 4.23. The summed E-state index contributed by atoms with van der Waals surface area (Å²) in [5, 5.41) is 2.98. The first-order chi connectivity index (χ1) is 14.8. The zero-order valence-corrected chi connectivity index (χ0v) is 16.7. The predicted molar refractivity (Wildman–Crippen MR) is 114 cm³/mol. The van der Waals surface area contributed by atoms with Crippen molar-refractivity contribution in [2.75, 3.05) is 0 Å². The number of amides is 1. The lowest BCUT2D eigenvalue weighted by Gasteiger charge is -2.07. The number of oxazole rings is 1. The summed E-state index contributed by atoms with van der Waals surface area (Å²) in [5.74, 6) is 1.45. The van der Waals surface area contributed by atoms with Gasteiger partial charge in [-0.05, 0) is 17.5 Å². The minimum atomic E-state index is 0.0346. The molecule has 152 valence electrons. The van der Waals surface area contributed by atoms with E-state index in [0.29, 0.717) is 31.7 Å². The summed E-state index contributed by atoms with van der Waals surface area (Å²) < 4.78 is 7.80. The van der Waals surface area contributed by atoms with Gasteiger partial charge in [0.25, 0.3) is 0 Å². The van der Waals surface area contributed by atoms with E-state index in [1.165, 1.54) is 5.56 Å². The first-order valence-corrected chi connectivity index (χ1v) is 10.1. The average molecular weight is 400 g/mol. The van der Waals surface area contributed by atoms with Crippen LogP contribution in [0.1, 0.15) is 29.9 Å². The molecule has 2 aromatic heterocycles. The molecule has 1 N–H and O–H groups in total. The van der Waals surface area contributed by atoms with Gasteiger partial charge in [0.05, 0.1) is 12.5 Å². The SMILES string of the molecule is O=C(CCCc1ncc(-c2ccccc2)o1)NCc1ccc(Cn2ccnc2)cc1. The Hall–Kier alpha value is -3.67. The number of benzene rings is 2. The van der Waals surface area contributed by atoms with E-state index in [0.717, 1.165) is 23.4 Å². The van der Waals surface area contributed by atoms with Crippen molar-refractivity contribution in [2.24, 2.45) is 0 Å². The summed E-state index contributed by atoms with van der Waals surface area (Å²) in [4.78, 5) is 20.5. The van der Waals surface area contributed by atoms with Gasteiger partial charge < -0.3 is 14.3 Å². The molecular weight excluding hydrogens is 376 g/mol. The Labute approximate surface area is 175 Å². The zero-order valence-electron chi connectivity index (χ0n) is 16.7. The smallest absolute Gasteiger partial charge is 0.220 e. The van der Waals surface area contributed by atoms with E-state index in [1.807, 2.05) is 53.2 Å². The summed E-state index contributed by atoms with van der Waals surface area (Å²) in [6.07, 6.45) is 9.04. The first kappa shape index (κ1) is 19.6. The molecule has 2 heterocycles. The van der Waals surface area contributed by atoms with Crippen molar-refractivity contribution >= 4 is 5.91 Å². The van der Waals surface area contributed by atoms with Crippen LogP contribution >= 0.6 is 0 Å². The van der Waals surface area contributed by atoms with Crippen LogP contribution in [0.2, 0.25) is 0 Å². The van der Waals surface area contributed by atoms with E-state index in [9.17, 15) is 4.79 Å². The number of aromatic nitrogens is 3. The van der Waals surface area contributed by atoms with E-state index in [1.54, 1.807) is 18.7 Å². The fourth-order valence-electron chi connectivity index (χ4n) is 3.20. The summed E-state index contributed by atoms with van der Waals surface area (Å²) in [7, 11) is 0. The van der Waals surface area contributed by atoms with Gasteiger partial charge >= 0.3 is 0 Å². The maximum absolute atomic E-state index is 12.1. The molecule has 0 atom stereocenters. The second kappa shape index (κ2) is 9.69. The number of nitrogens with zero attached hydrogens (tertiary/aromatic N) is 3. The lowest BCUT2D eigenvalue weighted by atomic mass is 10.1. The Morgan fingerprint density at radius 2 is 1.83 bits per heavy atom. The number of nitrogens with one attached hydrogen (secondary N) is 1. The molecule has 0 saturated heterocycles. The maximum atomic E-state index is 12.1. The first-order valence-electron chi connectivity index (χ1n) is 10.1. The van der Waals surface area contributed by atoms with Crippen LogP contribution in [0.4, 0.5) is 0 Å². The molecule has 0 unspecified atom stereocenters. The fourth-order valence-corrected chi connectivity index (χ4v) is 3.20. The third kappa shape index (κ3) is 5.44. The number of hydrogen-bond acceptors (Lipinski definition) is 4. The highest BCUT2D eigenvalue weighted by Gasteiger charge is 2.08. The van der Waals surface area contributed by atoms with Crippen molar-refractivity contribution in [3.05, 3.63) is 96.5 Å². The molecule has 0 spiro atoms. The molecular formula is C24H24N4O2. The maximum Gasteiger partial charge on any atom is 0.220 e. The summed E-state index contributed by atoms with van der Waals surface area (Å²) in [6.45, 7) is 1.32. The Bertz CT molecular complexity index is 1050. The van der Waals surface area contributed by atoms with Gasteiger partial charge in [-0.1, -0.05) is 54.6 Å². The topological polar surface area (TPSA) is 73.0 Å². The van der Waals surface area contributed by atoms with E-state index >= 15 is 0 Å². The second-order valence-electron chi connectivity index (χ2n) is 7.17. The monoisotopic (exact) mass is 400 g/mol. The molecule has 0 fully saturated rings. The van der Waals surface area contributed by atoms with Crippen molar-refractivity contribution < 1.29 is 9.21 Å². The highest BCUT2D eigenvalue weighted by Crippen LogP contribution is 2.20. The molecule has 6 heteroatoms. The average Bonchev–Trinajstić information content (AvgIpc) is 3.46. The highest BCUT2D eigenvalue weighted by atomic mass is 16.4. The molecule has 0 saturated carbocycles. The lowest BCUT2D eigenvalue weighted by molar-refractivity contribution is -0.121. The largest absolute Gasteiger partial charge is 0.441 e. The van der Waals surface area contributed by atoms with E-state index in [-0.39, 0.29) is 5.91 Å². The van der Waals surface area contributed by atoms with Crippen LogP contribution in [0, 0.1) is 0 Å². The highest BCUT2D eigenvalue weighted by molar-refractivity contribution is 5.75. The Balaban J connectivity index is 1.18. The van der Waals surface area contributed by atoms with Gasteiger partial charge in [-0.2, -0.15) is 0 Å². The number of aryl methyl sites for hydroxylation is 1. The molecule has 30 heavy (non-hydrogen) atoms. The number of carbonyl (C=O) groups is 1. The number of rotatable bonds is 9. The van der Waals surface area contributed by atoms with Crippen molar-refractivity contribution in [3.63, 3.8) is 0 Å². The minimum Gasteiger partial charge on any atom is -0.441 e. The van der Waals surface area contributed by atoms with E-state index in [2.05, 4.69) is 27.4 Å². The molecule has 4 aromatic rings. The zero-order chi connectivity index (χ0) is 20.6. The summed E-state index contributed by atoms with van der Waals surface area (Å²) >= 11 is 0. The number of imidazole rings is 1. The van der Waals surface area contributed by atoms with Crippen LogP contribution in [-0.2, 0) is 24.3 Å². The molecule has 0 bridgehead atoms. The van der Waals surface area contributed by atoms with Crippen molar-refractivity contribution in [1.29, 1.82) is 0 Å². The molecule has 0 aliphatic carbocycles. The lowest BCUT2D eigenvalue weighted by Crippen LogP contribution is -2.22. The molecule has 1 amide bonds. The standard InChI is InChI=1S/C24H24N4O2/c29-23(7-4-8-24-27-16-22(30-24)21-5-2-1-3-6-21)26-15-19-9-11-20(12-10-19)17-28-14-13-25-18-28/h1-3,5-6,9-14,16,18H,4,7-8,15,17H2,(H,26,29). The van der Waals surface area contributed by atoms with Crippen LogP contribution in [-0.4, -0.2) is 20.4 Å². The molecule has 0 aliphatic rings. The minimum absolute atomic E-state index is 0.0346. The third-order valence-electron chi connectivity index (χ3n) is 4.84. The van der Waals surface area contributed by atoms with E-state index < -0.39 is 0 Å². The van der Waals surface area contributed by atoms with Crippen LogP contribution in [0.25, 0.3) is 11.3 Å². The second-order valence-corrected chi connectivity index (χ2v) is 7.17. The Morgan fingerprint density at radius 1 is 1.03 bits per heavy atom.